The molecule has 2 aliphatic rings. The van der Waals surface area contributed by atoms with E-state index in [2.05, 4.69) is 16.2 Å². The van der Waals surface area contributed by atoms with Gasteiger partial charge >= 0.3 is 5.97 Å². The topological polar surface area (TPSA) is 76.2 Å². The van der Waals surface area contributed by atoms with E-state index >= 15 is 0 Å². The monoisotopic (exact) mass is 248 g/mol. The lowest BCUT2D eigenvalue weighted by Crippen LogP contribution is -2.11. The maximum atomic E-state index is 10.6. The summed E-state index contributed by atoms with van der Waals surface area (Å²) in [7, 11) is 0. The van der Waals surface area contributed by atoms with E-state index in [0.717, 1.165) is 43.6 Å². The van der Waals surface area contributed by atoms with Gasteiger partial charge in [-0.1, -0.05) is 11.2 Å². The van der Waals surface area contributed by atoms with Crippen molar-refractivity contribution in [3.8, 4) is 0 Å². The van der Waals surface area contributed by atoms with Crippen LogP contribution in [0.2, 0.25) is 0 Å². The first-order valence-corrected chi connectivity index (χ1v) is 6.47. The second kappa shape index (κ2) is 4.55. The largest absolute Gasteiger partial charge is 0.481 e. The van der Waals surface area contributed by atoms with Crippen molar-refractivity contribution >= 4 is 11.5 Å². The molecule has 1 aromatic heterocycles. The van der Waals surface area contributed by atoms with Crippen LogP contribution < -0.4 is 0 Å². The van der Waals surface area contributed by atoms with Crippen molar-refractivity contribution < 1.29 is 14.4 Å². The van der Waals surface area contributed by atoms with Crippen LogP contribution in [0.4, 0.5) is 0 Å². The van der Waals surface area contributed by atoms with E-state index in [0.29, 0.717) is 11.7 Å². The van der Waals surface area contributed by atoms with Gasteiger partial charge in [-0.25, -0.2) is 0 Å². The lowest BCUT2D eigenvalue weighted by atomic mass is 9.87. The molecular weight excluding hydrogens is 232 g/mol. The number of rotatable bonds is 4. The number of carboxylic acids is 1. The number of aliphatic carboxylic acids is 1. The second-order valence-corrected chi connectivity index (χ2v) is 5.20. The van der Waals surface area contributed by atoms with Crippen LogP contribution in [0.5, 0.6) is 0 Å². The summed E-state index contributed by atoms with van der Waals surface area (Å²) in [5, 5.41) is 12.8. The van der Waals surface area contributed by atoms with E-state index in [9.17, 15) is 4.79 Å². The molecule has 1 atom stereocenters. The average Bonchev–Trinajstić information content (AvgIpc) is 3.08. The lowest BCUT2D eigenvalue weighted by Gasteiger charge is -2.18. The molecule has 0 amide bonds. The number of allylic oxidation sites excluding steroid dienone is 2. The predicted molar refractivity (Wildman–Crippen MR) is 63.8 cm³/mol. The SMILES string of the molecule is O=C(O)C[C@H]1CC=C(c2noc(C3CC3)n2)CC1. The maximum Gasteiger partial charge on any atom is 0.303 e. The fourth-order valence-electron chi connectivity index (χ4n) is 2.39. The van der Waals surface area contributed by atoms with Gasteiger partial charge in [0.25, 0.3) is 0 Å². The van der Waals surface area contributed by atoms with Crippen LogP contribution in [0.25, 0.3) is 5.57 Å². The number of carboxylic acid groups (broad SMARTS) is 1. The van der Waals surface area contributed by atoms with Gasteiger partial charge in [0.15, 0.2) is 5.82 Å². The highest BCUT2D eigenvalue weighted by Crippen LogP contribution is 2.39. The molecule has 1 aromatic rings. The first kappa shape index (κ1) is 11.4. The van der Waals surface area contributed by atoms with Crippen molar-refractivity contribution in [2.75, 3.05) is 0 Å². The average molecular weight is 248 g/mol. The summed E-state index contributed by atoms with van der Waals surface area (Å²) in [6.07, 6.45) is 7.17. The summed E-state index contributed by atoms with van der Waals surface area (Å²) in [6.45, 7) is 0. The Kier molecular flexibility index (Phi) is 2.89. The normalized spacial score (nSPS) is 23.8. The molecule has 96 valence electrons. The third-order valence-electron chi connectivity index (χ3n) is 3.64. The molecule has 5 heteroatoms. The third kappa shape index (κ3) is 2.44. The van der Waals surface area contributed by atoms with E-state index in [1.165, 1.54) is 0 Å². The summed E-state index contributed by atoms with van der Waals surface area (Å²) in [5.74, 6) is 1.48. The van der Waals surface area contributed by atoms with E-state index in [-0.39, 0.29) is 12.3 Å². The number of carbonyl (C=O) groups is 1. The zero-order valence-electron chi connectivity index (χ0n) is 10.1. The van der Waals surface area contributed by atoms with Crippen LogP contribution in [0, 0.1) is 5.92 Å². The molecule has 5 nitrogen and oxygen atoms in total. The van der Waals surface area contributed by atoms with Crippen molar-refractivity contribution in [2.45, 2.75) is 44.4 Å². The van der Waals surface area contributed by atoms with Gasteiger partial charge in [0.1, 0.15) is 0 Å². The maximum absolute atomic E-state index is 10.6. The van der Waals surface area contributed by atoms with E-state index in [1.807, 2.05) is 0 Å². The Labute approximate surface area is 105 Å². The fraction of sp³-hybridized carbons (Fsp3) is 0.615. The minimum absolute atomic E-state index is 0.251. The van der Waals surface area contributed by atoms with Crippen LogP contribution in [-0.4, -0.2) is 21.2 Å². The molecule has 0 spiro atoms. The van der Waals surface area contributed by atoms with E-state index < -0.39 is 5.97 Å². The number of nitrogens with zero attached hydrogens (tertiary/aromatic N) is 2. The molecule has 0 radical (unpaired) electrons. The van der Waals surface area contributed by atoms with Crippen molar-refractivity contribution in [2.24, 2.45) is 5.92 Å². The Morgan fingerprint density at radius 1 is 1.44 bits per heavy atom. The van der Waals surface area contributed by atoms with E-state index in [1.54, 1.807) is 0 Å². The summed E-state index contributed by atoms with van der Waals surface area (Å²) in [4.78, 5) is 15.1. The molecule has 1 saturated carbocycles. The highest BCUT2D eigenvalue weighted by atomic mass is 16.5. The van der Waals surface area contributed by atoms with Crippen LogP contribution >= 0.6 is 0 Å². The highest BCUT2D eigenvalue weighted by Gasteiger charge is 2.30. The zero-order valence-corrected chi connectivity index (χ0v) is 10.1. The standard InChI is InChI=1S/C13H16N2O3/c16-11(17)7-8-1-3-9(4-2-8)12-14-13(18-15-12)10-5-6-10/h3,8,10H,1-2,4-7H2,(H,16,17)/t8-/m0/s1. The van der Waals surface area contributed by atoms with Crippen molar-refractivity contribution in [1.82, 2.24) is 10.1 Å². The van der Waals surface area contributed by atoms with Gasteiger partial charge in [-0.3, -0.25) is 4.79 Å². The van der Waals surface area contributed by atoms with Crippen LogP contribution in [-0.2, 0) is 4.79 Å². The number of hydrogen-bond donors (Lipinski definition) is 1. The van der Waals surface area contributed by atoms with Gasteiger partial charge in [0.05, 0.1) is 0 Å². The quantitative estimate of drug-likeness (QED) is 0.886. The number of aromatic nitrogens is 2. The van der Waals surface area contributed by atoms with Crippen LogP contribution in [0.15, 0.2) is 10.6 Å². The summed E-state index contributed by atoms with van der Waals surface area (Å²) in [5.41, 5.74) is 1.10. The lowest BCUT2D eigenvalue weighted by molar-refractivity contribution is -0.138. The van der Waals surface area contributed by atoms with Gasteiger partial charge < -0.3 is 9.63 Å². The van der Waals surface area contributed by atoms with Gasteiger partial charge in [-0.05, 0) is 43.6 Å². The third-order valence-corrected chi connectivity index (χ3v) is 3.64. The molecule has 1 heterocycles. The Balaban J connectivity index is 1.65. The van der Waals surface area contributed by atoms with Gasteiger partial charge in [-0.2, -0.15) is 4.98 Å². The molecule has 18 heavy (non-hydrogen) atoms. The summed E-state index contributed by atoms with van der Waals surface area (Å²) in [6, 6.07) is 0. The Hall–Kier alpha value is -1.65. The first-order valence-electron chi connectivity index (χ1n) is 6.47. The van der Waals surface area contributed by atoms with Crippen molar-refractivity contribution in [3.63, 3.8) is 0 Å². The summed E-state index contributed by atoms with van der Waals surface area (Å²) < 4.78 is 5.24. The highest BCUT2D eigenvalue weighted by molar-refractivity contribution is 5.67. The summed E-state index contributed by atoms with van der Waals surface area (Å²) >= 11 is 0. The smallest absolute Gasteiger partial charge is 0.303 e. The van der Waals surface area contributed by atoms with Gasteiger partial charge in [0.2, 0.25) is 5.89 Å². The van der Waals surface area contributed by atoms with Gasteiger partial charge in [0, 0.05) is 12.3 Å². The molecular formula is C13H16N2O3. The minimum Gasteiger partial charge on any atom is -0.481 e. The van der Waals surface area contributed by atoms with Crippen LogP contribution in [0.1, 0.15) is 56.2 Å². The molecule has 0 aromatic carbocycles. The van der Waals surface area contributed by atoms with Gasteiger partial charge in [-0.15, -0.1) is 0 Å². The molecule has 0 saturated heterocycles. The zero-order chi connectivity index (χ0) is 12.5. The second-order valence-electron chi connectivity index (χ2n) is 5.20. The van der Waals surface area contributed by atoms with Crippen molar-refractivity contribution in [3.05, 3.63) is 17.8 Å². The Morgan fingerprint density at radius 2 is 2.28 bits per heavy atom. The fourth-order valence-corrected chi connectivity index (χ4v) is 2.39. The number of hydrogen-bond acceptors (Lipinski definition) is 4. The molecule has 3 rings (SSSR count). The Bertz CT molecular complexity index is 488. The Morgan fingerprint density at radius 3 is 2.89 bits per heavy atom. The predicted octanol–water partition coefficient (Wildman–Crippen LogP) is 2.61. The molecule has 1 N–H and O–H groups in total. The molecule has 1 fully saturated rings. The first-order chi connectivity index (χ1) is 8.72. The van der Waals surface area contributed by atoms with Crippen molar-refractivity contribution in [1.29, 1.82) is 0 Å². The minimum atomic E-state index is -0.715. The van der Waals surface area contributed by atoms with E-state index in [4.69, 9.17) is 9.63 Å². The molecule has 2 aliphatic carbocycles. The van der Waals surface area contributed by atoms with Crippen LogP contribution in [0.3, 0.4) is 0 Å². The molecule has 0 unspecified atom stereocenters. The molecule has 0 aliphatic heterocycles. The molecule has 0 bridgehead atoms.